The summed E-state index contributed by atoms with van der Waals surface area (Å²) in [5.41, 5.74) is 0.805. The lowest BCUT2D eigenvalue weighted by Gasteiger charge is -2.09. The van der Waals surface area contributed by atoms with Crippen LogP contribution in [0.4, 0.5) is 0 Å². The Bertz CT molecular complexity index is 535. The van der Waals surface area contributed by atoms with E-state index in [-0.39, 0.29) is 12.5 Å². The molecule has 0 bridgehead atoms. The van der Waals surface area contributed by atoms with Crippen molar-refractivity contribution in [2.24, 2.45) is 5.92 Å². The summed E-state index contributed by atoms with van der Waals surface area (Å²) >= 11 is 0. The van der Waals surface area contributed by atoms with Crippen molar-refractivity contribution in [1.29, 1.82) is 0 Å². The zero-order chi connectivity index (χ0) is 14.4. The van der Waals surface area contributed by atoms with Gasteiger partial charge in [0.2, 0.25) is 12.3 Å². The first kappa shape index (κ1) is 14.0. The number of rotatable bonds is 6. The largest absolute Gasteiger partial charge is 0.484 e. The van der Waals surface area contributed by atoms with E-state index in [4.69, 9.17) is 9.15 Å². The van der Waals surface area contributed by atoms with Gasteiger partial charge in [-0.15, -0.1) is 10.2 Å². The van der Waals surface area contributed by atoms with Crippen molar-refractivity contribution in [2.45, 2.75) is 13.8 Å². The third-order valence-corrected chi connectivity index (χ3v) is 2.54. The second-order valence-corrected chi connectivity index (χ2v) is 4.75. The van der Waals surface area contributed by atoms with Gasteiger partial charge in [0, 0.05) is 12.1 Å². The molecule has 0 radical (unpaired) electrons. The highest BCUT2D eigenvalue weighted by Gasteiger charge is 2.05. The number of amides is 1. The summed E-state index contributed by atoms with van der Waals surface area (Å²) in [4.78, 5) is 11.5. The number of nitrogens with zero attached hydrogens (tertiary/aromatic N) is 2. The maximum Gasteiger partial charge on any atom is 0.257 e. The van der Waals surface area contributed by atoms with Crippen molar-refractivity contribution in [3.63, 3.8) is 0 Å². The minimum atomic E-state index is -0.125. The molecule has 1 heterocycles. The van der Waals surface area contributed by atoms with Crippen molar-refractivity contribution in [3.05, 3.63) is 30.7 Å². The second-order valence-electron chi connectivity index (χ2n) is 4.75. The molecule has 0 atom stereocenters. The van der Waals surface area contributed by atoms with Crippen LogP contribution in [0.5, 0.6) is 5.75 Å². The first-order valence-electron chi connectivity index (χ1n) is 6.41. The summed E-state index contributed by atoms with van der Waals surface area (Å²) < 4.78 is 10.5. The minimum absolute atomic E-state index is 0.00657. The lowest BCUT2D eigenvalue weighted by molar-refractivity contribution is -0.123. The van der Waals surface area contributed by atoms with Crippen molar-refractivity contribution in [1.82, 2.24) is 15.5 Å². The predicted molar refractivity (Wildman–Crippen MR) is 73.1 cm³/mol. The molecule has 0 unspecified atom stereocenters. The number of carbonyl (C=O) groups is 1. The van der Waals surface area contributed by atoms with Gasteiger partial charge in [-0.2, -0.15) is 0 Å². The molecule has 1 aromatic heterocycles. The first-order valence-corrected chi connectivity index (χ1v) is 6.41. The van der Waals surface area contributed by atoms with Gasteiger partial charge in [-0.3, -0.25) is 4.79 Å². The van der Waals surface area contributed by atoms with Crippen LogP contribution in [0.2, 0.25) is 0 Å². The van der Waals surface area contributed by atoms with Gasteiger partial charge in [0.05, 0.1) is 0 Å². The third kappa shape index (κ3) is 4.08. The number of carbonyl (C=O) groups excluding carboxylic acids is 1. The molecule has 6 heteroatoms. The molecule has 20 heavy (non-hydrogen) atoms. The van der Waals surface area contributed by atoms with Crippen LogP contribution in [0, 0.1) is 5.92 Å². The Kier molecular flexibility index (Phi) is 4.70. The third-order valence-electron chi connectivity index (χ3n) is 2.54. The molecular formula is C14H17N3O3. The minimum Gasteiger partial charge on any atom is -0.484 e. The van der Waals surface area contributed by atoms with E-state index < -0.39 is 0 Å². The molecule has 0 aliphatic rings. The fourth-order valence-corrected chi connectivity index (χ4v) is 1.51. The quantitative estimate of drug-likeness (QED) is 0.871. The molecule has 0 aliphatic carbocycles. The van der Waals surface area contributed by atoms with E-state index in [1.54, 1.807) is 24.3 Å². The molecular weight excluding hydrogens is 258 g/mol. The van der Waals surface area contributed by atoms with E-state index in [9.17, 15) is 4.79 Å². The first-order chi connectivity index (χ1) is 9.65. The number of benzene rings is 1. The van der Waals surface area contributed by atoms with Crippen LogP contribution in [-0.2, 0) is 4.79 Å². The Labute approximate surface area is 117 Å². The van der Waals surface area contributed by atoms with E-state index in [0.29, 0.717) is 24.1 Å². The SMILES string of the molecule is CC(C)CNC(=O)COc1ccc(-c2nnco2)cc1. The van der Waals surface area contributed by atoms with Gasteiger partial charge in [-0.25, -0.2) is 0 Å². The highest BCUT2D eigenvalue weighted by atomic mass is 16.5. The normalized spacial score (nSPS) is 10.6. The second kappa shape index (κ2) is 6.70. The lowest BCUT2D eigenvalue weighted by Crippen LogP contribution is -2.31. The molecule has 0 saturated carbocycles. The van der Waals surface area contributed by atoms with Gasteiger partial charge in [0.15, 0.2) is 6.61 Å². The van der Waals surface area contributed by atoms with Crippen molar-refractivity contribution < 1.29 is 13.9 Å². The highest BCUT2D eigenvalue weighted by molar-refractivity contribution is 5.77. The van der Waals surface area contributed by atoms with Crippen LogP contribution in [-0.4, -0.2) is 29.3 Å². The van der Waals surface area contributed by atoms with Crippen molar-refractivity contribution in [2.75, 3.05) is 13.2 Å². The predicted octanol–water partition coefficient (Wildman–Crippen LogP) is 1.89. The molecule has 0 fully saturated rings. The van der Waals surface area contributed by atoms with Crippen LogP contribution in [0.25, 0.3) is 11.5 Å². The van der Waals surface area contributed by atoms with E-state index in [2.05, 4.69) is 15.5 Å². The fourth-order valence-electron chi connectivity index (χ4n) is 1.51. The van der Waals surface area contributed by atoms with E-state index in [1.807, 2.05) is 13.8 Å². The monoisotopic (exact) mass is 275 g/mol. The summed E-state index contributed by atoms with van der Waals surface area (Å²) in [5, 5.41) is 10.2. The number of ether oxygens (including phenoxy) is 1. The molecule has 1 aromatic carbocycles. The lowest BCUT2D eigenvalue weighted by atomic mass is 10.2. The Morgan fingerprint density at radius 2 is 2.10 bits per heavy atom. The average molecular weight is 275 g/mol. The van der Waals surface area contributed by atoms with Gasteiger partial charge in [-0.1, -0.05) is 13.8 Å². The zero-order valence-electron chi connectivity index (χ0n) is 11.5. The van der Waals surface area contributed by atoms with E-state index in [1.165, 1.54) is 6.39 Å². The van der Waals surface area contributed by atoms with Crippen LogP contribution in [0.1, 0.15) is 13.8 Å². The molecule has 1 amide bonds. The average Bonchev–Trinajstić information content (AvgIpc) is 2.97. The van der Waals surface area contributed by atoms with E-state index >= 15 is 0 Å². The molecule has 6 nitrogen and oxygen atoms in total. The molecule has 1 N–H and O–H groups in total. The van der Waals surface area contributed by atoms with Gasteiger partial charge < -0.3 is 14.5 Å². The maximum absolute atomic E-state index is 11.5. The molecule has 2 rings (SSSR count). The molecule has 2 aromatic rings. The smallest absolute Gasteiger partial charge is 0.257 e. The van der Waals surface area contributed by atoms with Crippen LogP contribution in [0.3, 0.4) is 0 Å². The molecule has 0 aliphatic heterocycles. The Morgan fingerprint density at radius 3 is 2.70 bits per heavy atom. The summed E-state index contributed by atoms with van der Waals surface area (Å²) in [6.07, 6.45) is 1.28. The molecule has 0 spiro atoms. The van der Waals surface area contributed by atoms with Crippen LogP contribution >= 0.6 is 0 Å². The molecule has 106 valence electrons. The van der Waals surface area contributed by atoms with Crippen molar-refractivity contribution >= 4 is 5.91 Å². The zero-order valence-corrected chi connectivity index (χ0v) is 11.5. The Balaban J connectivity index is 1.84. The van der Waals surface area contributed by atoms with Crippen LogP contribution < -0.4 is 10.1 Å². The fraction of sp³-hybridized carbons (Fsp3) is 0.357. The summed E-state index contributed by atoms with van der Waals surface area (Å²) in [6.45, 7) is 4.74. The standard InChI is InChI=1S/C14H17N3O3/c1-10(2)7-15-13(18)8-19-12-5-3-11(4-6-12)14-17-16-9-20-14/h3-6,9-10H,7-8H2,1-2H3,(H,15,18). The van der Waals surface area contributed by atoms with Gasteiger partial charge in [0.1, 0.15) is 5.75 Å². The number of nitrogens with one attached hydrogen (secondary N) is 1. The Morgan fingerprint density at radius 1 is 1.35 bits per heavy atom. The van der Waals surface area contributed by atoms with Crippen LogP contribution in [0.15, 0.2) is 35.1 Å². The summed E-state index contributed by atoms with van der Waals surface area (Å²) in [6, 6.07) is 7.12. The van der Waals surface area contributed by atoms with Gasteiger partial charge in [0.25, 0.3) is 5.91 Å². The highest BCUT2D eigenvalue weighted by Crippen LogP contribution is 2.19. The van der Waals surface area contributed by atoms with E-state index in [0.717, 1.165) is 5.56 Å². The number of hydrogen-bond donors (Lipinski definition) is 1. The summed E-state index contributed by atoms with van der Waals surface area (Å²) in [7, 11) is 0. The van der Waals surface area contributed by atoms with Crippen molar-refractivity contribution in [3.8, 4) is 17.2 Å². The topological polar surface area (TPSA) is 77.2 Å². The van der Waals surface area contributed by atoms with Gasteiger partial charge in [-0.05, 0) is 30.2 Å². The number of aromatic nitrogens is 2. The summed E-state index contributed by atoms with van der Waals surface area (Å²) in [5.74, 6) is 1.37. The van der Waals surface area contributed by atoms with Gasteiger partial charge >= 0.3 is 0 Å². The maximum atomic E-state index is 11.5. The number of hydrogen-bond acceptors (Lipinski definition) is 5. The Hall–Kier alpha value is -2.37. The molecule has 0 saturated heterocycles.